The first kappa shape index (κ1) is 25.1. The van der Waals surface area contributed by atoms with Crippen molar-refractivity contribution in [3.05, 3.63) is 103 Å². The molecule has 0 fully saturated rings. The van der Waals surface area contributed by atoms with E-state index in [1.54, 1.807) is 37.3 Å². The number of carbonyl (C=O) groups excluding carboxylic acids is 1. The molecule has 36 heavy (non-hydrogen) atoms. The molecule has 8 nitrogen and oxygen atoms in total. The molecule has 3 aromatic rings. The van der Waals surface area contributed by atoms with E-state index in [9.17, 15) is 19.3 Å². The molecular weight excluding hydrogens is 535 g/mol. The second kappa shape index (κ2) is 10.7. The number of aryl methyl sites for hydroxylation is 1. The summed E-state index contributed by atoms with van der Waals surface area (Å²) in [6.07, 6.45) is 1.54. The van der Waals surface area contributed by atoms with Gasteiger partial charge in [-0.05, 0) is 83.4 Å². The molecule has 0 amide bonds. The van der Waals surface area contributed by atoms with Crippen molar-refractivity contribution in [3.63, 3.8) is 0 Å². The Morgan fingerprint density at radius 3 is 2.67 bits per heavy atom. The number of benzene rings is 3. The summed E-state index contributed by atoms with van der Waals surface area (Å²) in [6, 6.07) is 13.9. The predicted molar refractivity (Wildman–Crippen MR) is 134 cm³/mol. The summed E-state index contributed by atoms with van der Waals surface area (Å²) >= 11 is 3.48. The number of halogens is 2. The summed E-state index contributed by atoms with van der Waals surface area (Å²) in [5.74, 6) is -0.0844. The molecule has 0 saturated carbocycles. The number of hydrogen-bond acceptors (Lipinski definition) is 7. The number of aliphatic imine (C=N–C) groups is 1. The van der Waals surface area contributed by atoms with Gasteiger partial charge in [0.1, 0.15) is 12.4 Å². The van der Waals surface area contributed by atoms with Crippen LogP contribution in [0, 0.1) is 22.9 Å². The Morgan fingerprint density at radius 1 is 1.17 bits per heavy atom. The number of nitro groups is 1. The average molecular weight is 555 g/mol. The average Bonchev–Trinajstić information content (AvgIpc) is 3.18. The fourth-order valence-corrected chi connectivity index (χ4v) is 4.11. The first-order valence-electron chi connectivity index (χ1n) is 10.9. The number of nitrogens with zero attached hydrogens (tertiary/aromatic N) is 2. The lowest BCUT2D eigenvalue weighted by molar-refractivity contribution is -0.385. The molecule has 0 saturated heterocycles. The lowest BCUT2D eigenvalue weighted by Gasteiger charge is -2.15. The van der Waals surface area contributed by atoms with Gasteiger partial charge in [0.2, 0.25) is 5.90 Å². The first-order valence-corrected chi connectivity index (χ1v) is 11.7. The minimum Gasteiger partial charge on any atom is -0.490 e. The number of hydrogen-bond donors (Lipinski definition) is 0. The number of nitro benzene ring substituents is 1. The van der Waals surface area contributed by atoms with Crippen molar-refractivity contribution in [1.29, 1.82) is 0 Å². The number of ether oxygens (including phenoxy) is 3. The highest BCUT2D eigenvalue weighted by Crippen LogP contribution is 2.38. The van der Waals surface area contributed by atoms with Crippen molar-refractivity contribution in [1.82, 2.24) is 0 Å². The fraction of sp³-hybridized carbons (Fsp3) is 0.154. The van der Waals surface area contributed by atoms with E-state index in [4.69, 9.17) is 14.2 Å². The van der Waals surface area contributed by atoms with Gasteiger partial charge in [-0.3, -0.25) is 10.1 Å². The fourth-order valence-electron chi connectivity index (χ4n) is 3.54. The number of carbonyl (C=O) groups is 1. The third kappa shape index (κ3) is 5.60. The zero-order chi connectivity index (χ0) is 25.8. The minimum atomic E-state index is -0.651. The topological polar surface area (TPSA) is 100 Å². The van der Waals surface area contributed by atoms with E-state index >= 15 is 0 Å². The van der Waals surface area contributed by atoms with Gasteiger partial charge in [-0.15, -0.1) is 0 Å². The highest BCUT2D eigenvalue weighted by atomic mass is 79.9. The van der Waals surface area contributed by atoms with Crippen LogP contribution in [-0.4, -0.2) is 23.4 Å². The monoisotopic (exact) mass is 554 g/mol. The van der Waals surface area contributed by atoms with E-state index in [0.717, 1.165) is 0 Å². The number of esters is 1. The van der Waals surface area contributed by atoms with Crippen molar-refractivity contribution in [2.45, 2.75) is 20.5 Å². The standard InChI is InChI=1S/C26H20BrFN2O6/c1-3-34-23-13-17(11-20(27)24(23)35-14-16-5-4-6-19(28)10-16)12-21-26(31)36-25(29-21)18-7-8-22(30(32)33)15(2)9-18/h4-13H,3,14H2,1-2H3/b21-12-. The summed E-state index contributed by atoms with van der Waals surface area (Å²) in [6.45, 7) is 3.92. The molecule has 3 aromatic carbocycles. The van der Waals surface area contributed by atoms with Crippen molar-refractivity contribution in [2.75, 3.05) is 6.61 Å². The lowest BCUT2D eigenvalue weighted by Crippen LogP contribution is -2.06. The Labute approximate surface area is 214 Å². The Kier molecular flexibility index (Phi) is 7.44. The van der Waals surface area contributed by atoms with E-state index in [0.29, 0.717) is 44.8 Å². The molecule has 1 aliphatic rings. The molecule has 0 aromatic heterocycles. The normalized spacial score (nSPS) is 13.9. The molecule has 10 heteroatoms. The molecular formula is C26H20BrFN2O6. The Morgan fingerprint density at radius 2 is 1.97 bits per heavy atom. The summed E-state index contributed by atoms with van der Waals surface area (Å²) < 4.78 is 31.0. The van der Waals surface area contributed by atoms with Crippen LogP contribution in [0.25, 0.3) is 6.08 Å². The Balaban J connectivity index is 1.61. The van der Waals surface area contributed by atoms with E-state index in [1.165, 1.54) is 30.3 Å². The molecule has 0 aliphatic carbocycles. The van der Waals surface area contributed by atoms with E-state index in [-0.39, 0.29) is 29.7 Å². The van der Waals surface area contributed by atoms with Gasteiger partial charge in [-0.25, -0.2) is 14.2 Å². The van der Waals surface area contributed by atoms with Crippen molar-refractivity contribution < 1.29 is 28.3 Å². The van der Waals surface area contributed by atoms with E-state index in [2.05, 4.69) is 20.9 Å². The molecule has 0 atom stereocenters. The maximum atomic E-state index is 13.5. The summed E-state index contributed by atoms with van der Waals surface area (Å²) in [7, 11) is 0. The SMILES string of the molecule is CCOc1cc(/C=C2\N=C(c3ccc([N+](=O)[O-])c(C)c3)OC2=O)cc(Br)c1OCc1cccc(F)c1. The van der Waals surface area contributed by atoms with Crippen LogP contribution in [0.2, 0.25) is 0 Å². The van der Waals surface area contributed by atoms with Crippen molar-refractivity contribution in [2.24, 2.45) is 4.99 Å². The largest absolute Gasteiger partial charge is 0.490 e. The highest BCUT2D eigenvalue weighted by molar-refractivity contribution is 9.10. The third-order valence-corrected chi connectivity index (χ3v) is 5.76. The van der Waals surface area contributed by atoms with Gasteiger partial charge in [0, 0.05) is 17.2 Å². The molecule has 4 rings (SSSR count). The van der Waals surface area contributed by atoms with Gasteiger partial charge in [0.15, 0.2) is 17.2 Å². The van der Waals surface area contributed by atoms with Gasteiger partial charge in [-0.2, -0.15) is 0 Å². The first-order chi connectivity index (χ1) is 17.2. The second-order valence-corrected chi connectivity index (χ2v) is 8.63. The smallest absolute Gasteiger partial charge is 0.363 e. The molecule has 0 spiro atoms. The number of cyclic esters (lactones) is 1. The highest BCUT2D eigenvalue weighted by Gasteiger charge is 2.26. The maximum Gasteiger partial charge on any atom is 0.363 e. The summed E-state index contributed by atoms with van der Waals surface area (Å²) in [5.41, 5.74) is 2.16. The molecule has 0 radical (unpaired) electrons. The van der Waals surface area contributed by atoms with Crippen LogP contribution in [0.4, 0.5) is 10.1 Å². The maximum absolute atomic E-state index is 13.5. The minimum absolute atomic E-state index is 0.0348. The zero-order valence-corrected chi connectivity index (χ0v) is 20.9. The van der Waals surface area contributed by atoms with Crippen LogP contribution >= 0.6 is 15.9 Å². The molecule has 0 bridgehead atoms. The van der Waals surface area contributed by atoms with Crippen molar-refractivity contribution >= 4 is 39.6 Å². The van der Waals surface area contributed by atoms with Crippen LogP contribution in [-0.2, 0) is 16.1 Å². The Bertz CT molecular complexity index is 1420. The van der Waals surface area contributed by atoms with Gasteiger partial charge in [0.25, 0.3) is 5.69 Å². The van der Waals surface area contributed by atoms with Crippen LogP contribution in [0.5, 0.6) is 11.5 Å². The lowest BCUT2D eigenvalue weighted by atomic mass is 10.1. The Hall–Kier alpha value is -4.05. The third-order valence-electron chi connectivity index (χ3n) is 5.17. The summed E-state index contributed by atoms with van der Waals surface area (Å²) in [4.78, 5) is 27.3. The molecule has 0 unspecified atom stereocenters. The zero-order valence-electron chi connectivity index (χ0n) is 19.3. The number of rotatable bonds is 8. The molecule has 0 N–H and O–H groups in total. The molecule has 1 heterocycles. The van der Waals surface area contributed by atoms with Crippen LogP contribution < -0.4 is 9.47 Å². The van der Waals surface area contributed by atoms with Crippen LogP contribution in [0.15, 0.2) is 69.8 Å². The van der Waals surface area contributed by atoms with Gasteiger partial charge in [-0.1, -0.05) is 12.1 Å². The van der Waals surface area contributed by atoms with E-state index in [1.807, 2.05) is 6.92 Å². The quantitative estimate of drug-likeness (QED) is 0.144. The summed E-state index contributed by atoms with van der Waals surface area (Å²) in [5, 5.41) is 11.1. The predicted octanol–water partition coefficient (Wildman–Crippen LogP) is 6.13. The van der Waals surface area contributed by atoms with Gasteiger partial charge < -0.3 is 14.2 Å². The van der Waals surface area contributed by atoms with E-state index < -0.39 is 10.9 Å². The van der Waals surface area contributed by atoms with Crippen molar-refractivity contribution in [3.8, 4) is 11.5 Å². The van der Waals surface area contributed by atoms with Crippen LogP contribution in [0.1, 0.15) is 29.2 Å². The second-order valence-electron chi connectivity index (χ2n) is 7.78. The van der Waals surface area contributed by atoms with Crippen LogP contribution in [0.3, 0.4) is 0 Å². The van der Waals surface area contributed by atoms with Gasteiger partial charge in [0.05, 0.1) is 16.0 Å². The molecule has 1 aliphatic heterocycles. The molecule has 184 valence electrons. The van der Waals surface area contributed by atoms with Gasteiger partial charge >= 0.3 is 5.97 Å².